The van der Waals surface area contributed by atoms with Crippen molar-refractivity contribution in [1.29, 1.82) is 0 Å². The summed E-state index contributed by atoms with van der Waals surface area (Å²) < 4.78 is 0. The van der Waals surface area contributed by atoms with Gasteiger partial charge in [-0.05, 0) is 12.2 Å². The largest absolute Gasteiger partial charge is 0.478 e. The van der Waals surface area contributed by atoms with E-state index in [4.69, 9.17) is 5.11 Å². The number of aliphatic carboxylic acids is 1. The molecule has 0 aliphatic rings. The zero-order valence-corrected chi connectivity index (χ0v) is 7.42. The van der Waals surface area contributed by atoms with Crippen LogP contribution in [0.3, 0.4) is 0 Å². The van der Waals surface area contributed by atoms with Gasteiger partial charge in [0.05, 0.1) is 5.57 Å². The number of rotatable bonds is 4. The van der Waals surface area contributed by atoms with Gasteiger partial charge < -0.3 is 5.11 Å². The first kappa shape index (κ1) is 10.8. The minimum Gasteiger partial charge on any atom is -0.478 e. The number of hydrogen-bond donors (Lipinski definition) is 2. The lowest BCUT2D eigenvalue weighted by Crippen LogP contribution is -1.96. The summed E-state index contributed by atoms with van der Waals surface area (Å²) in [5.41, 5.74) is 0.109. The molecule has 3 heteroatoms. The number of carboxylic acid groups (broad SMARTS) is 1. The van der Waals surface area contributed by atoms with Crippen molar-refractivity contribution >= 4 is 18.6 Å². The Morgan fingerprint density at radius 1 is 1.42 bits per heavy atom. The van der Waals surface area contributed by atoms with Crippen LogP contribution in [0.15, 0.2) is 47.9 Å². The van der Waals surface area contributed by atoms with Gasteiger partial charge >= 0.3 is 5.97 Å². The van der Waals surface area contributed by atoms with Crippen LogP contribution in [0.4, 0.5) is 0 Å². The van der Waals surface area contributed by atoms with Crippen LogP contribution in [-0.4, -0.2) is 11.1 Å². The van der Waals surface area contributed by atoms with Gasteiger partial charge in [0, 0.05) is 4.91 Å². The second-order valence-corrected chi connectivity index (χ2v) is 2.45. The summed E-state index contributed by atoms with van der Waals surface area (Å²) in [6.45, 7) is 6.81. The van der Waals surface area contributed by atoms with Gasteiger partial charge in [0.2, 0.25) is 0 Å². The molecule has 0 saturated heterocycles. The summed E-state index contributed by atoms with van der Waals surface area (Å²) in [5, 5.41) is 8.56. The molecule has 0 aliphatic carbocycles. The van der Waals surface area contributed by atoms with Gasteiger partial charge in [0.25, 0.3) is 0 Å². The average molecular weight is 182 g/mol. The van der Waals surface area contributed by atoms with Crippen molar-refractivity contribution in [1.82, 2.24) is 0 Å². The van der Waals surface area contributed by atoms with Crippen LogP contribution < -0.4 is 0 Å². The Balaban J connectivity index is 4.71. The Morgan fingerprint density at radius 3 is 2.33 bits per heavy atom. The number of allylic oxidation sites excluding steroid dienone is 3. The molecule has 0 amide bonds. The summed E-state index contributed by atoms with van der Waals surface area (Å²) in [7, 11) is 0. The summed E-state index contributed by atoms with van der Waals surface area (Å²) in [5.74, 6) is -1.02. The summed E-state index contributed by atoms with van der Waals surface area (Å²) in [6, 6.07) is 0. The van der Waals surface area contributed by atoms with Crippen molar-refractivity contribution in [2.75, 3.05) is 0 Å². The van der Waals surface area contributed by atoms with E-state index in [1.165, 1.54) is 18.2 Å². The zero-order valence-electron chi connectivity index (χ0n) is 6.53. The Morgan fingerprint density at radius 2 is 2.00 bits per heavy atom. The van der Waals surface area contributed by atoms with Gasteiger partial charge in [-0.25, -0.2) is 4.79 Å². The number of hydrogen-bond acceptors (Lipinski definition) is 2. The summed E-state index contributed by atoms with van der Waals surface area (Å²) in [6.07, 6.45) is 5.78. The molecule has 0 atom stereocenters. The van der Waals surface area contributed by atoms with E-state index in [2.05, 4.69) is 25.8 Å². The SMILES string of the molecule is C=C/C=C(S)\C=C(/C=C)C(=O)O. The van der Waals surface area contributed by atoms with E-state index in [9.17, 15) is 4.79 Å². The van der Waals surface area contributed by atoms with E-state index >= 15 is 0 Å². The quantitative estimate of drug-likeness (QED) is 0.397. The standard InChI is InChI=1S/C9H10O2S/c1-3-5-8(12)6-7(4-2)9(10)11/h3-6,12H,1-2H2,(H,10,11)/b7-6+,8-5+. The molecule has 0 rings (SSSR count). The normalized spacial score (nSPS) is 12.4. The van der Waals surface area contributed by atoms with E-state index in [1.807, 2.05) is 0 Å². The Labute approximate surface area is 77.0 Å². The van der Waals surface area contributed by atoms with Crippen molar-refractivity contribution in [3.05, 3.63) is 47.9 Å². The minimum atomic E-state index is -1.02. The lowest BCUT2D eigenvalue weighted by atomic mass is 10.2. The topological polar surface area (TPSA) is 37.3 Å². The highest BCUT2D eigenvalue weighted by Gasteiger charge is 2.00. The fourth-order valence-electron chi connectivity index (χ4n) is 0.536. The van der Waals surface area contributed by atoms with E-state index in [-0.39, 0.29) is 5.57 Å². The molecule has 0 aromatic heterocycles. The molecule has 1 N–H and O–H groups in total. The van der Waals surface area contributed by atoms with Crippen LogP contribution in [0.5, 0.6) is 0 Å². The third-order valence-corrected chi connectivity index (χ3v) is 1.34. The molecular formula is C9H10O2S. The lowest BCUT2D eigenvalue weighted by Gasteiger charge is -1.93. The monoisotopic (exact) mass is 182 g/mol. The van der Waals surface area contributed by atoms with Gasteiger partial charge in [-0.2, -0.15) is 0 Å². The first-order valence-corrected chi connectivity index (χ1v) is 3.65. The maximum atomic E-state index is 10.4. The van der Waals surface area contributed by atoms with E-state index < -0.39 is 5.97 Å². The Bertz CT molecular complexity index is 262. The van der Waals surface area contributed by atoms with E-state index in [0.717, 1.165) is 0 Å². The molecule has 0 aromatic rings. The third-order valence-electron chi connectivity index (χ3n) is 1.06. The predicted molar refractivity (Wildman–Crippen MR) is 53.2 cm³/mol. The smallest absolute Gasteiger partial charge is 0.335 e. The molecule has 0 unspecified atom stereocenters. The second kappa shape index (κ2) is 5.43. The lowest BCUT2D eigenvalue weighted by molar-refractivity contribution is -0.132. The molecule has 0 radical (unpaired) electrons. The summed E-state index contributed by atoms with van der Waals surface area (Å²) >= 11 is 4.00. The van der Waals surface area contributed by atoms with Gasteiger partial charge in [-0.15, -0.1) is 12.6 Å². The minimum absolute atomic E-state index is 0.109. The molecule has 0 aromatic carbocycles. The molecule has 0 heterocycles. The molecule has 0 spiro atoms. The molecule has 0 bridgehead atoms. The summed E-state index contributed by atoms with van der Waals surface area (Å²) in [4.78, 5) is 11.0. The highest BCUT2D eigenvalue weighted by molar-refractivity contribution is 7.84. The van der Waals surface area contributed by atoms with Crippen molar-refractivity contribution in [2.45, 2.75) is 0 Å². The van der Waals surface area contributed by atoms with Crippen molar-refractivity contribution in [3.63, 3.8) is 0 Å². The predicted octanol–water partition coefficient (Wildman–Crippen LogP) is 2.18. The van der Waals surface area contributed by atoms with Crippen LogP contribution in [0.1, 0.15) is 0 Å². The van der Waals surface area contributed by atoms with Crippen molar-refractivity contribution < 1.29 is 9.90 Å². The molecule has 2 nitrogen and oxygen atoms in total. The number of carbonyl (C=O) groups is 1. The zero-order chi connectivity index (χ0) is 9.56. The molecular weight excluding hydrogens is 172 g/mol. The van der Waals surface area contributed by atoms with Crippen LogP contribution in [0, 0.1) is 0 Å². The maximum Gasteiger partial charge on any atom is 0.335 e. The molecule has 0 saturated carbocycles. The molecule has 64 valence electrons. The van der Waals surface area contributed by atoms with Gasteiger partial charge in [0.15, 0.2) is 0 Å². The van der Waals surface area contributed by atoms with Crippen molar-refractivity contribution in [3.8, 4) is 0 Å². The first-order chi connectivity index (χ1) is 5.61. The Hall–Kier alpha value is -1.22. The molecule has 12 heavy (non-hydrogen) atoms. The van der Waals surface area contributed by atoms with E-state index in [1.54, 1.807) is 6.08 Å². The third kappa shape index (κ3) is 3.83. The van der Waals surface area contributed by atoms with Crippen LogP contribution in [0.25, 0.3) is 0 Å². The maximum absolute atomic E-state index is 10.4. The average Bonchev–Trinajstić information content (AvgIpc) is 2.00. The van der Waals surface area contributed by atoms with Gasteiger partial charge in [-0.1, -0.05) is 25.3 Å². The second-order valence-electron chi connectivity index (χ2n) is 1.94. The van der Waals surface area contributed by atoms with Gasteiger partial charge in [-0.3, -0.25) is 0 Å². The Kier molecular flexibility index (Phi) is 4.88. The van der Waals surface area contributed by atoms with Crippen molar-refractivity contribution in [2.24, 2.45) is 0 Å². The fourth-order valence-corrected chi connectivity index (χ4v) is 0.781. The van der Waals surface area contributed by atoms with Gasteiger partial charge in [0.1, 0.15) is 0 Å². The van der Waals surface area contributed by atoms with Crippen LogP contribution in [0.2, 0.25) is 0 Å². The first-order valence-electron chi connectivity index (χ1n) is 3.21. The highest BCUT2D eigenvalue weighted by Crippen LogP contribution is 2.07. The molecule has 0 aliphatic heterocycles. The number of carboxylic acids is 1. The highest BCUT2D eigenvalue weighted by atomic mass is 32.1. The fraction of sp³-hybridized carbons (Fsp3) is 0. The van der Waals surface area contributed by atoms with Crippen LogP contribution >= 0.6 is 12.6 Å². The molecule has 0 fully saturated rings. The van der Waals surface area contributed by atoms with Crippen LogP contribution in [-0.2, 0) is 4.79 Å². The van der Waals surface area contributed by atoms with E-state index in [0.29, 0.717) is 4.91 Å². The number of thiol groups is 1.